The Hall–Kier alpha value is -0.690. The van der Waals surface area contributed by atoms with Crippen LogP contribution in [0.1, 0.15) is 24.2 Å². The lowest BCUT2D eigenvalue weighted by molar-refractivity contribution is 0.0736. The smallest absolute Gasteiger partial charge is 0.254 e. The van der Waals surface area contributed by atoms with Gasteiger partial charge in [-0.05, 0) is 60.7 Å². The predicted molar refractivity (Wildman–Crippen MR) is 82.1 cm³/mol. The van der Waals surface area contributed by atoms with Crippen molar-refractivity contribution in [3.63, 3.8) is 0 Å². The van der Waals surface area contributed by atoms with Crippen molar-refractivity contribution in [2.24, 2.45) is 5.73 Å². The van der Waals surface area contributed by atoms with E-state index in [0.717, 1.165) is 3.57 Å². The SMILES string of the molecule is CC(C)N(CC(N)=S)C(=O)c1ccc(I)cc1. The summed E-state index contributed by atoms with van der Waals surface area (Å²) in [6.45, 7) is 4.21. The molecule has 0 aliphatic heterocycles. The molecule has 0 atom stereocenters. The average molecular weight is 362 g/mol. The fourth-order valence-corrected chi connectivity index (χ4v) is 1.91. The lowest BCUT2D eigenvalue weighted by Gasteiger charge is -2.26. The number of hydrogen-bond donors (Lipinski definition) is 1. The van der Waals surface area contributed by atoms with Gasteiger partial charge >= 0.3 is 0 Å². The van der Waals surface area contributed by atoms with E-state index < -0.39 is 0 Å². The van der Waals surface area contributed by atoms with Gasteiger partial charge in [-0.2, -0.15) is 0 Å². The summed E-state index contributed by atoms with van der Waals surface area (Å²) < 4.78 is 1.10. The van der Waals surface area contributed by atoms with Crippen LogP contribution in [0.5, 0.6) is 0 Å². The molecule has 2 N–H and O–H groups in total. The molecule has 0 radical (unpaired) electrons. The van der Waals surface area contributed by atoms with Crippen molar-refractivity contribution in [1.29, 1.82) is 0 Å². The van der Waals surface area contributed by atoms with Gasteiger partial charge in [-0.15, -0.1) is 0 Å². The Kier molecular flexibility index (Phi) is 5.32. The Balaban J connectivity index is 2.91. The Labute approximate surface area is 121 Å². The third kappa shape index (κ3) is 4.23. The maximum atomic E-state index is 12.2. The van der Waals surface area contributed by atoms with Crippen LogP contribution in [0.15, 0.2) is 24.3 Å². The monoisotopic (exact) mass is 362 g/mol. The van der Waals surface area contributed by atoms with E-state index in [0.29, 0.717) is 17.1 Å². The number of benzene rings is 1. The van der Waals surface area contributed by atoms with Crippen LogP contribution in [0.25, 0.3) is 0 Å². The van der Waals surface area contributed by atoms with Crippen LogP contribution < -0.4 is 5.73 Å². The zero-order chi connectivity index (χ0) is 13.0. The number of carbonyl (C=O) groups excluding carboxylic acids is 1. The summed E-state index contributed by atoms with van der Waals surface area (Å²) in [4.78, 5) is 14.2. The lowest BCUT2D eigenvalue weighted by atomic mass is 10.1. The first-order valence-electron chi connectivity index (χ1n) is 5.26. The molecule has 0 fully saturated rings. The fraction of sp³-hybridized carbons (Fsp3) is 0.333. The molecule has 0 spiro atoms. The van der Waals surface area contributed by atoms with Crippen molar-refractivity contribution >= 4 is 45.7 Å². The van der Waals surface area contributed by atoms with E-state index in [-0.39, 0.29) is 11.9 Å². The minimum absolute atomic E-state index is 0.0378. The third-order valence-electron chi connectivity index (χ3n) is 2.30. The van der Waals surface area contributed by atoms with Gasteiger partial charge in [0.05, 0.1) is 11.5 Å². The summed E-state index contributed by atoms with van der Waals surface area (Å²) >= 11 is 7.07. The summed E-state index contributed by atoms with van der Waals surface area (Å²) in [5, 5.41) is 0. The molecule has 0 aliphatic rings. The second kappa shape index (κ2) is 6.30. The van der Waals surface area contributed by atoms with Crippen molar-refractivity contribution in [3.05, 3.63) is 33.4 Å². The summed E-state index contributed by atoms with van der Waals surface area (Å²) in [5.41, 5.74) is 6.17. The standard InChI is InChI=1S/C12H15IN2OS/c1-8(2)15(7-11(14)17)12(16)9-3-5-10(13)6-4-9/h3-6,8H,7H2,1-2H3,(H2,14,17). The molecule has 1 amide bonds. The molecule has 0 heterocycles. The zero-order valence-electron chi connectivity index (χ0n) is 9.81. The molecule has 0 unspecified atom stereocenters. The quantitative estimate of drug-likeness (QED) is 0.661. The topological polar surface area (TPSA) is 46.3 Å². The molecule has 5 heteroatoms. The molecular formula is C12H15IN2OS. The van der Waals surface area contributed by atoms with Crippen LogP contribution in [0.2, 0.25) is 0 Å². The molecule has 1 aromatic carbocycles. The van der Waals surface area contributed by atoms with Crippen molar-refractivity contribution in [2.45, 2.75) is 19.9 Å². The first-order chi connectivity index (χ1) is 7.91. The van der Waals surface area contributed by atoms with Crippen LogP contribution in [-0.4, -0.2) is 28.4 Å². The number of nitrogens with zero attached hydrogens (tertiary/aromatic N) is 1. The number of nitrogens with two attached hydrogens (primary N) is 1. The number of halogens is 1. The molecule has 1 rings (SSSR count). The van der Waals surface area contributed by atoms with E-state index >= 15 is 0 Å². The molecule has 3 nitrogen and oxygen atoms in total. The summed E-state index contributed by atoms with van der Waals surface area (Å²) in [6.07, 6.45) is 0. The fourth-order valence-electron chi connectivity index (χ4n) is 1.42. The van der Waals surface area contributed by atoms with Crippen LogP contribution >= 0.6 is 34.8 Å². The van der Waals surface area contributed by atoms with Crippen LogP contribution in [0.3, 0.4) is 0 Å². The van der Waals surface area contributed by atoms with Gasteiger partial charge in [-0.3, -0.25) is 4.79 Å². The van der Waals surface area contributed by atoms with E-state index in [2.05, 4.69) is 22.6 Å². The summed E-state index contributed by atoms with van der Waals surface area (Å²) in [7, 11) is 0. The average Bonchev–Trinajstić information content (AvgIpc) is 2.25. The second-order valence-electron chi connectivity index (χ2n) is 4.00. The van der Waals surface area contributed by atoms with Gasteiger partial charge in [0.2, 0.25) is 0 Å². The number of amides is 1. The summed E-state index contributed by atoms with van der Waals surface area (Å²) in [5.74, 6) is -0.0378. The van der Waals surface area contributed by atoms with E-state index in [9.17, 15) is 4.79 Å². The minimum Gasteiger partial charge on any atom is -0.392 e. The van der Waals surface area contributed by atoms with Gasteiger partial charge in [0, 0.05) is 15.2 Å². The molecule has 0 saturated carbocycles. The molecule has 17 heavy (non-hydrogen) atoms. The van der Waals surface area contributed by atoms with Crippen LogP contribution in [0.4, 0.5) is 0 Å². The van der Waals surface area contributed by atoms with E-state index in [4.69, 9.17) is 18.0 Å². The highest BCUT2D eigenvalue weighted by Gasteiger charge is 2.19. The molecule has 0 bridgehead atoms. The van der Waals surface area contributed by atoms with Gasteiger partial charge < -0.3 is 10.6 Å². The normalized spacial score (nSPS) is 10.4. The molecule has 1 aromatic rings. The van der Waals surface area contributed by atoms with Gasteiger partial charge in [-0.25, -0.2) is 0 Å². The van der Waals surface area contributed by atoms with Crippen molar-refractivity contribution in [1.82, 2.24) is 4.90 Å². The van der Waals surface area contributed by atoms with Crippen molar-refractivity contribution in [3.8, 4) is 0 Å². The van der Waals surface area contributed by atoms with E-state index in [1.807, 2.05) is 38.1 Å². The lowest BCUT2D eigenvalue weighted by Crippen LogP contribution is -2.42. The number of thiocarbonyl (C=S) groups is 1. The predicted octanol–water partition coefficient (Wildman–Crippen LogP) is 2.43. The highest BCUT2D eigenvalue weighted by Crippen LogP contribution is 2.11. The molecule has 0 saturated heterocycles. The Morgan fingerprint density at radius 1 is 1.41 bits per heavy atom. The Morgan fingerprint density at radius 2 is 1.94 bits per heavy atom. The summed E-state index contributed by atoms with van der Waals surface area (Å²) in [6, 6.07) is 7.53. The van der Waals surface area contributed by atoms with Gasteiger partial charge in [0.15, 0.2) is 0 Å². The highest BCUT2D eigenvalue weighted by molar-refractivity contribution is 14.1. The van der Waals surface area contributed by atoms with E-state index in [1.54, 1.807) is 4.90 Å². The van der Waals surface area contributed by atoms with Gasteiger partial charge in [0.25, 0.3) is 5.91 Å². The zero-order valence-corrected chi connectivity index (χ0v) is 12.8. The maximum absolute atomic E-state index is 12.2. The van der Waals surface area contributed by atoms with Crippen molar-refractivity contribution < 1.29 is 4.79 Å². The molecular weight excluding hydrogens is 347 g/mol. The van der Waals surface area contributed by atoms with Crippen LogP contribution in [0, 0.1) is 3.57 Å². The van der Waals surface area contributed by atoms with Crippen LogP contribution in [-0.2, 0) is 0 Å². The first kappa shape index (κ1) is 14.4. The Morgan fingerprint density at radius 3 is 2.35 bits per heavy atom. The third-order valence-corrected chi connectivity index (χ3v) is 3.15. The first-order valence-corrected chi connectivity index (χ1v) is 6.75. The van der Waals surface area contributed by atoms with E-state index in [1.165, 1.54) is 0 Å². The number of hydrogen-bond acceptors (Lipinski definition) is 2. The molecule has 92 valence electrons. The largest absolute Gasteiger partial charge is 0.392 e. The van der Waals surface area contributed by atoms with Gasteiger partial charge in [0.1, 0.15) is 0 Å². The molecule has 0 aliphatic carbocycles. The minimum atomic E-state index is -0.0378. The number of carbonyl (C=O) groups is 1. The van der Waals surface area contributed by atoms with Crippen molar-refractivity contribution in [2.75, 3.05) is 6.54 Å². The maximum Gasteiger partial charge on any atom is 0.254 e. The Bertz CT molecular complexity index is 417. The second-order valence-corrected chi connectivity index (χ2v) is 5.77. The molecule has 0 aromatic heterocycles. The number of rotatable bonds is 4. The van der Waals surface area contributed by atoms with Gasteiger partial charge in [-0.1, -0.05) is 12.2 Å². The highest BCUT2D eigenvalue weighted by atomic mass is 127.